The lowest BCUT2D eigenvalue weighted by molar-refractivity contribution is -0.139. The van der Waals surface area contributed by atoms with E-state index >= 15 is 0 Å². The minimum Gasteiger partial charge on any atom is -0.480 e. The first-order chi connectivity index (χ1) is 9.02. The van der Waals surface area contributed by atoms with E-state index in [1.54, 1.807) is 10.9 Å². The Balaban J connectivity index is 2.28. The first-order valence-electron chi connectivity index (χ1n) is 6.27. The lowest BCUT2D eigenvalue weighted by Crippen LogP contribution is -2.46. The predicted molar refractivity (Wildman–Crippen MR) is 69.8 cm³/mol. The van der Waals surface area contributed by atoms with Gasteiger partial charge in [0.2, 0.25) is 0 Å². The topological polar surface area (TPSA) is 96.3 Å². The number of carbonyl (C=O) groups is 2. The molecule has 2 amide bonds. The molecule has 0 aliphatic rings. The lowest BCUT2D eigenvalue weighted by Gasteiger charge is -2.14. The fraction of sp³-hybridized carbons (Fsp3) is 0.583. The van der Waals surface area contributed by atoms with Crippen LogP contribution in [0.25, 0.3) is 0 Å². The monoisotopic (exact) mass is 268 g/mol. The molecule has 0 fully saturated rings. The number of nitrogens with one attached hydrogen (secondary N) is 2. The maximum absolute atomic E-state index is 11.5. The molecule has 0 saturated heterocycles. The highest BCUT2D eigenvalue weighted by Gasteiger charge is 2.18. The molecule has 7 heteroatoms. The van der Waals surface area contributed by atoms with Crippen molar-refractivity contribution < 1.29 is 14.7 Å². The number of carboxylic acids is 1. The summed E-state index contributed by atoms with van der Waals surface area (Å²) in [6, 6.07) is -1.28. The first-order valence-corrected chi connectivity index (χ1v) is 6.27. The van der Waals surface area contributed by atoms with E-state index in [9.17, 15) is 9.59 Å². The van der Waals surface area contributed by atoms with Crippen molar-refractivity contribution >= 4 is 12.0 Å². The van der Waals surface area contributed by atoms with E-state index in [0.717, 1.165) is 5.56 Å². The van der Waals surface area contributed by atoms with E-state index in [2.05, 4.69) is 15.7 Å². The van der Waals surface area contributed by atoms with Gasteiger partial charge in [-0.15, -0.1) is 0 Å². The molecule has 1 rings (SSSR count). The molecule has 19 heavy (non-hydrogen) atoms. The largest absolute Gasteiger partial charge is 0.480 e. The highest BCUT2D eigenvalue weighted by atomic mass is 16.4. The van der Waals surface area contributed by atoms with Gasteiger partial charge in [0.15, 0.2) is 0 Å². The molecule has 0 spiro atoms. The van der Waals surface area contributed by atoms with Gasteiger partial charge in [-0.25, -0.2) is 9.59 Å². The van der Waals surface area contributed by atoms with Gasteiger partial charge in [-0.3, -0.25) is 4.68 Å². The molecule has 1 unspecified atom stereocenters. The van der Waals surface area contributed by atoms with E-state index in [4.69, 9.17) is 5.11 Å². The highest BCUT2D eigenvalue weighted by Crippen LogP contribution is 1.98. The van der Waals surface area contributed by atoms with Crippen molar-refractivity contribution in [2.75, 3.05) is 6.54 Å². The van der Waals surface area contributed by atoms with E-state index in [1.807, 2.05) is 20.2 Å². The Labute approximate surface area is 112 Å². The number of aromatic nitrogens is 2. The van der Waals surface area contributed by atoms with Gasteiger partial charge in [0.1, 0.15) is 6.04 Å². The van der Waals surface area contributed by atoms with Crippen LogP contribution in [0.1, 0.15) is 25.3 Å². The zero-order chi connectivity index (χ0) is 14.3. The van der Waals surface area contributed by atoms with E-state index < -0.39 is 18.0 Å². The van der Waals surface area contributed by atoms with Crippen LogP contribution in [0, 0.1) is 0 Å². The minimum absolute atomic E-state index is 0.422. The summed E-state index contributed by atoms with van der Waals surface area (Å²) in [6.07, 6.45) is 5.39. The maximum atomic E-state index is 11.5. The Kier molecular flexibility index (Phi) is 5.84. The van der Waals surface area contributed by atoms with Crippen molar-refractivity contribution in [3.8, 4) is 0 Å². The maximum Gasteiger partial charge on any atom is 0.326 e. The van der Waals surface area contributed by atoms with Crippen molar-refractivity contribution in [3.05, 3.63) is 18.0 Å². The van der Waals surface area contributed by atoms with Crippen LogP contribution in [-0.4, -0.2) is 39.5 Å². The van der Waals surface area contributed by atoms with Gasteiger partial charge in [-0.05, 0) is 18.4 Å². The van der Waals surface area contributed by atoms with Crippen molar-refractivity contribution in [3.63, 3.8) is 0 Å². The third-order valence-electron chi connectivity index (χ3n) is 2.64. The van der Waals surface area contributed by atoms with Crippen LogP contribution >= 0.6 is 0 Å². The first kappa shape index (κ1) is 15.0. The third kappa shape index (κ3) is 5.41. The molecule has 1 atom stereocenters. The summed E-state index contributed by atoms with van der Waals surface area (Å²) in [5, 5.41) is 18.0. The van der Waals surface area contributed by atoms with Crippen LogP contribution in [0.2, 0.25) is 0 Å². The number of amides is 2. The second-order valence-corrected chi connectivity index (χ2v) is 4.35. The summed E-state index contributed by atoms with van der Waals surface area (Å²) < 4.78 is 1.69. The molecule has 0 radical (unpaired) electrons. The van der Waals surface area contributed by atoms with Crippen LogP contribution in [-0.2, 0) is 18.3 Å². The number of aryl methyl sites for hydroxylation is 1. The molecule has 1 aromatic rings. The zero-order valence-electron chi connectivity index (χ0n) is 11.2. The summed E-state index contributed by atoms with van der Waals surface area (Å²) in [5.41, 5.74) is 1.02. The fourth-order valence-corrected chi connectivity index (χ4v) is 1.68. The van der Waals surface area contributed by atoms with Gasteiger partial charge < -0.3 is 15.7 Å². The van der Waals surface area contributed by atoms with Crippen molar-refractivity contribution in [2.24, 2.45) is 7.05 Å². The average Bonchev–Trinajstić information content (AvgIpc) is 2.74. The zero-order valence-corrected chi connectivity index (χ0v) is 11.2. The fourth-order valence-electron chi connectivity index (χ4n) is 1.68. The van der Waals surface area contributed by atoms with Gasteiger partial charge in [0, 0.05) is 19.8 Å². The molecule has 0 aromatic carbocycles. The van der Waals surface area contributed by atoms with Crippen molar-refractivity contribution in [1.82, 2.24) is 20.4 Å². The van der Waals surface area contributed by atoms with Crippen LogP contribution in [0.15, 0.2) is 12.4 Å². The summed E-state index contributed by atoms with van der Waals surface area (Å²) in [5.74, 6) is -1.01. The third-order valence-corrected chi connectivity index (χ3v) is 2.64. The van der Waals surface area contributed by atoms with Gasteiger partial charge >= 0.3 is 12.0 Å². The molecule has 0 aliphatic carbocycles. The number of carbonyl (C=O) groups excluding carboxylic acids is 1. The van der Waals surface area contributed by atoms with Crippen molar-refractivity contribution in [1.29, 1.82) is 0 Å². The standard InChI is InChI=1S/C12H20N4O3/c1-3-4-10(11(17)18)15-12(19)13-6-5-9-7-14-16(2)8-9/h7-8,10H,3-6H2,1-2H3,(H,17,18)(H2,13,15,19). The normalized spacial score (nSPS) is 11.9. The smallest absolute Gasteiger partial charge is 0.326 e. The molecular formula is C12H20N4O3. The van der Waals surface area contributed by atoms with Gasteiger partial charge in [0.25, 0.3) is 0 Å². The predicted octanol–water partition coefficient (Wildman–Crippen LogP) is 0.515. The van der Waals surface area contributed by atoms with Crippen molar-refractivity contribution in [2.45, 2.75) is 32.2 Å². The van der Waals surface area contributed by atoms with E-state index in [-0.39, 0.29) is 0 Å². The Morgan fingerprint density at radius 3 is 2.79 bits per heavy atom. The Morgan fingerprint density at radius 1 is 1.53 bits per heavy atom. The Hall–Kier alpha value is -2.05. The molecule has 3 N–H and O–H groups in total. The number of hydrogen-bond acceptors (Lipinski definition) is 3. The van der Waals surface area contributed by atoms with Crippen LogP contribution in [0.5, 0.6) is 0 Å². The minimum atomic E-state index is -1.01. The summed E-state index contributed by atoms with van der Waals surface area (Å²) >= 11 is 0. The van der Waals surface area contributed by atoms with Crippen LogP contribution in [0.3, 0.4) is 0 Å². The van der Waals surface area contributed by atoms with E-state index in [0.29, 0.717) is 25.8 Å². The van der Waals surface area contributed by atoms with Crippen LogP contribution in [0.4, 0.5) is 4.79 Å². The molecule has 7 nitrogen and oxygen atoms in total. The molecule has 1 aromatic heterocycles. The quantitative estimate of drug-likeness (QED) is 0.671. The summed E-state index contributed by atoms with van der Waals surface area (Å²) in [6.45, 7) is 2.31. The second kappa shape index (κ2) is 7.40. The molecular weight excluding hydrogens is 248 g/mol. The number of aliphatic carboxylic acids is 1. The SMILES string of the molecule is CCCC(NC(=O)NCCc1cnn(C)c1)C(=O)O. The number of hydrogen-bond donors (Lipinski definition) is 3. The number of nitrogens with zero attached hydrogens (tertiary/aromatic N) is 2. The number of carboxylic acid groups (broad SMARTS) is 1. The van der Waals surface area contributed by atoms with E-state index in [1.165, 1.54) is 0 Å². The number of urea groups is 1. The molecule has 0 bridgehead atoms. The molecule has 106 valence electrons. The summed E-state index contributed by atoms with van der Waals surface area (Å²) in [4.78, 5) is 22.4. The highest BCUT2D eigenvalue weighted by molar-refractivity contribution is 5.82. The van der Waals surface area contributed by atoms with Gasteiger partial charge in [-0.2, -0.15) is 5.10 Å². The molecule has 0 aliphatic heterocycles. The Bertz CT molecular complexity index is 430. The average molecular weight is 268 g/mol. The van der Waals surface area contributed by atoms with Gasteiger partial charge in [-0.1, -0.05) is 13.3 Å². The molecule has 0 saturated carbocycles. The Morgan fingerprint density at radius 2 is 2.26 bits per heavy atom. The second-order valence-electron chi connectivity index (χ2n) is 4.35. The molecule has 1 heterocycles. The number of rotatable bonds is 7. The lowest BCUT2D eigenvalue weighted by atomic mass is 10.2. The van der Waals surface area contributed by atoms with Crippen LogP contribution < -0.4 is 10.6 Å². The summed E-state index contributed by atoms with van der Waals surface area (Å²) in [7, 11) is 1.83. The van der Waals surface area contributed by atoms with Gasteiger partial charge in [0.05, 0.1) is 6.20 Å².